The van der Waals surface area contributed by atoms with E-state index in [9.17, 15) is 4.79 Å². The molecule has 0 aliphatic carbocycles. The molecule has 1 aliphatic heterocycles. The van der Waals surface area contributed by atoms with Gasteiger partial charge in [0.05, 0.1) is 22.6 Å². The van der Waals surface area contributed by atoms with Gasteiger partial charge in [0.15, 0.2) is 0 Å². The fourth-order valence-corrected chi connectivity index (χ4v) is 5.63. The van der Waals surface area contributed by atoms with E-state index in [1.54, 1.807) is 54.8 Å². The van der Waals surface area contributed by atoms with Gasteiger partial charge in [-0.15, -0.1) is 0 Å². The van der Waals surface area contributed by atoms with E-state index in [0.29, 0.717) is 51.0 Å². The predicted molar refractivity (Wildman–Crippen MR) is 150 cm³/mol. The lowest BCUT2D eigenvalue weighted by molar-refractivity contribution is 0.102. The molecule has 1 saturated heterocycles. The Morgan fingerprint density at radius 1 is 1.19 bits per heavy atom. The molecule has 37 heavy (non-hydrogen) atoms. The Morgan fingerprint density at radius 2 is 1.95 bits per heavy atom. The zero-order valence-electron chi connectivity index (χ0n) is 21.2. The fourth-order valence-electron chi connectivity index (χ4n) is 4.77. The molecule has 0 bridgehead atoms. The van der Waals surface area contributed by atoms with Crippen LogP contribution in [0.1, 0.15) is 29.8 Å². The first-order chi connectivity index (χ1) is 17.7. The number of halogens is 2. The third kappa shape index (κ3) is 5.01. The fraction of sp³-hybridized carbons (Fsp3) is 0.286. The molecule has 0 saturated carbocycles. The summed E-state index contributed by atoms with van der Waals surface area (Å²) in [6, 6.07) is 11.2. The first-order valence-corrected chi connectivity index (χ1v) is 13.5. The van der Waals surface area contributed by atoms with Crippen molar-refractivity contribution >= 4 is 40.2 Å². The number of hydrogen-bond donors (Lipinski definition) is 2. The van der Waals surface area contributed by atoms with Crippen molar-refractivity contribution in [2.45, 2.75) is 32.9 Å². The number of thiophene rings is 1. The van der Waals surface area contributed by atoms with Crippen LogP contribution in [0, 0.1) is 12.7 Å². The van der Waals surface area contributed by atoms with Crippen molar-refractivity contribution in [2.24, 2.45) is 0 Å². The summed E-state index contributed by atoms with van der Waals surface area (Å²) in [5.41, 5.74) is 4.30. The van der Waals surface area contributed by atoms with Crippen molar-refractivity contribution in [1.29, 1.82) is 0 Å². The van der Waals surface area contributed by atoms with E-state index in [0.717, 1.165) is 24.3 Å². The standard InChI is InChI=1S/C28H29ClFN5OS/c1-16-13-35(14-17(2)34(16)4)25-8-6-21(18(3)26(25)30)28(36)32-20-5-7-23(29)22(11-20)27-31-12-24(33-27)19-9-10-37-15-19/h5-12,15-17H,13-14H2,1-4H3,(H,31,33)(H,32,36)/t16-,17+. The van der Waals surface area contributed by atoms with E-state index in [4.69, 9.17) is 11.6 Å². The number of rotatable bonds is 5. The third-order valence-electron chi connectivity index (χ3n) is 7.20. The number of carbonyl (C=O) groups is 1. The molecule has 2 N–H and O–H groups in total. The average molecular weight is 538 g/mol. The molecule has 0 unspecified atom stereocenters. The molecule has 3 heterocycles. The summed E-state index contributed by atoms with van der Waals surface area (Å²) in [5, 5.41) is 7.44. The highest BCUT2D eigenvalue weighted by atomic mass is 35.5. The molecule has 5 rings (SSSR count). The quantitative estimate of drug-likeness (QED) is 0.298. The van der Waals surface area contributed by atoms with Crippen molar-refractivity contribution in [3.63, 3.8) is 0 Å². The predicted octanol–water partition coefficient (Wildman–Crippen LogP) is 6.69. The number of nitrogens with zero attached hydrogens (tertiary/aromatic N) is 3. The Bertz CT molecular complexity index is 1420. The van der Waals surface area contributed by atoms with Crippen molar-refractivity contribution in [3.8, 4) is 22.6 Å². The molecule has 2 aromatic carbocycles. The molecule has 1 fully saturated rings. The van der Waals surface area contributed by atoms with Crippen LogP contribution in [0.25, 0.3) is 22.6 Å². The molecule has 2 aromatic heterocycles. The van der Waals surface area contributed by atoms with Crippen LogP contribution in [-0.4, -0.2) is 53.0 Å². The number of anilines is 2. The molecule has 1 amide bonds. The smallest absolute Gasteiger partial charge is 0.256 e. The number of nitrogens with one attached hydrogen (secondary N) is 2. The maximum Gasteiger partial charge on any atom is 0.256 e. The van der Waals surface area contributed by atoms with Gasteiger partial charge in [0.2, 0.25) is 0 Å². The number of hydrogen-bond acceptors (Lipinski definition) is 5. The molecule has 0 spiro atoms. The van der Waals surface area contributed by atoms with E-state index < -0.39 is 0 Å². The van der Waals surface area contributed by atoms with Crippen LogP contribution in [-0.2, 0) is 0 Å². The monoisotopic (exact) mass is 537 g/mol. The van der Waals surface area contributed by atoms with Gasteiger partial charge in [-0.25, -0.2) is 9.37 Å². The summed E-state index contributed by atoms with van der Waals surface area (Å²) in [5.74, 6) is -0.135. The minimum absolute atomic E-state index is 0.297. The first-order valence-electron chi connectivity index (χ1n) is 12.2. The molecule has 4 aromatic rings. The zero-order chi connectivity index (χ0) is 26.3. The van der Waals surface area contributed by atoms with Crippen LogP contribution in [0.5, 0.6) is 0 Å². The second-order valence-electron chi connectivity index (χ2n) is 9.65. The van der Waals surface area contributed by atoms with Crippen LogP contribution in [0.3, 0.4) is 0 Å². The van der Waals surface area contributed by atoms with Crippen LogP contribution in [0.2, 0.25) is 5.02 Å². The summed E-state index contributed by atoms with van der Waals surface area (Å²) in [6.07, 6.45) is 1.76. The lowest BCUT2D eigenvalue weighted by Gasteiger charge is -2.43. The van der Waals surface area contributed by atoms with Crippen LogP contribution >= 0.6 is 22.9 Å². The van der Waals surface area contributed by atoms with Gasteiger partial charge in [-0.05, 0) is 75.2 Å². The van der Waals surface area contributed by atoms with Gasteiger partial charge in [0.1, 0.15) is 11.6 Å². The van der Waals surface area contributed by atoms with Crippen molar-refractivity contribution in [2.75, 3.05) is 30.4 Å². The highest BCUT2D eigenvalue weighted by Gasteiger charge is 2.29. The summed E-state index contributed by atoms with van der Waals surface area (Å²) < 4.78 is 15.5. The van der Waals surface area contributed by atoms with Gasteiger partial charge in [-0.1, -0.05) is 11.6 Å². The summed E-state index contributed by atoms with van der Waals surface area (Å²) >= 11 is 8.07. The Labute approximate surface area is 225 Å². The summed E-state index contributed by atoms with van der Waals surface area (Å²) in [6.45, 7) is 7.40. The Kier molecular flexibility index (Phi) is 7.07. The van der Waals surface area contributed by atoms with Gasteiger partial charge >= 0.3 is 0 Å². The number of carbonyl (C=O) groups excluding carboxylic acids is 1. The lowest BCUT2D eigenvalue weighted by atomic mass is 10.0. The van der Waals surface area contributed by atoms with Crippen molar-refractivity contribution in [3.05, 3.63) is 75.3 Å². The minimum atomic E-state index is -0.380. The summed E-state index contributed by atoms with van der Waals surface area (Å²) in [4.78, 5) is 25.3. The number of aromatic amines is 1. The molecule has 6 nitrogen and oxygen atoms in total. The highest BCUT2D eigenvalue weighted by Crippen LogP contribution is 2.32. The molecule has 192 valence electrons. The van der Waals surface area contributed by atoms with Crippen LogP contribution in [0.4, 0.5) is 15.8 Å². The zero-order valence-corrected chi connectivity index (χ0v) is 22.8. The van der Waals surface area contributed by atoms with E-state index in [-0.39, 0.29) is 11.7 Å². The molecular weight excluding hydrogens is 509 g/mol. The van der Waals surface area contributed by atoms with E-state index in [1.165, 1.54) is 0 Å². The lowest BCUT2D eigenvalue weighted by Crippen LogP contribution is -2.55. The number of likely N-dealkylation sites (N-methyl/N-ethyl adjacent to an activating group) is 1. The molecule has 1 aliphatic rings. The van der Waals surface area contributed by atoms with E-state index in [1.807, 2.05) is 16.8 Å². The molecular formula is C28H29ClFN5OS. The summed E-state index contributed by atoms with van der Waals surface area (Å²) in [7, 11) is 2.10. The Balaban J connectivity index is 1.36. The molecule has 9 heteroatoms. The average Bonchev–Trinajstić information content (AvgIpc) is 3.57. The van der Waals surface area contributed by atoms with Gasteiger partial charge in [0, 0.05) is 52.9 Å². The second kappa shape index (κ2) is 10.3. The maximum absolute atomic E-state index is 15.5. The highest BCUT2D eigenvalue weighted by molar-refractivity contribution is 7.08. The Hall–Kier alpha value is -3.20. The number of imidazole rings is 1. The van der Waals surface area contributed by atoms with E-state index in [2.05, 4.69) is 46.0 Å². The Morgan fingerprint density at radius 3 is 2.65 bits per heavy atom. The minimum Gasteiger partial charge on any atom is -0.366 e. The van der Waals surface area contributed by atoms with E-state index >= 15 is 4.39 Å². The number of aromatic nitrogens is 2. The van der Waals surface area contributed by atoms with Crippen molar-refractivity contribution in [1.82, 2.24) is 14.9 Å². The van der Waals surface area contributed by atoms with Crippen LogP contribution in [0.15, 0.2) is 53.4 Å². The normalized spacial score (nSPS) is 18.3. The first kappa shape index (κ1) is 25.4. The van der Waals surface area contributed by atoms with Gasteiger partial charge in [0.25, 0.3) is 5.91 Å². The number of piperazine rings is 1. The third-order valence-corrected chi connectivity index (χ3v) is 8.21. The maximum atomic E-state index is 15.5. The van der Waals surface area contributed by atoms with Crippen LogP contribution < -0.4 is 10.2 Å². The van der Waals surface area contributed by atoms with Crippen molar-refractivity contribution < 1.29 is 9.18 Å². The number of amides is 1. The largest absolute Gasteiger partial charge is 0.366 e. The second-order valence-corrected chi connectivity index (χ2v) is 10.8. The SMILES string of the molecule is Cc1c(C(=O)Nc2ccc(Cl)c(-c3ncc(-c4ccsc4)[nH]3)c2)ccc(N2C[C@@H](C)N(C)[C@@H](C)C2)c1F. The van der Waals surface area contributed by atoms with Gasteiger partial charge < -0.3 is 15.2 Å². The molecule has 2 atom stereocenters. The number of H-pyrrole nitrogens is 1. The van der Waals surface area contributed by atoms with Gasteiger partial charge in [-0.2, -0.15) is 11.3 Å². The topological polar surface area (TPSA) is 64.3 Å². The number of benzene rings is 2. The van der Waals surface area contributed by atoms with Gasteiger partial charge in [-0.3, -0.25) is 9.69 Å². The molecule has 0 radical (unpaired) electrons.